The van der Waals surface area contributed by atoms with Gasteiger partial charge in [-0.3, -0.25) is 9.89 Å². The molecule has 11 heteroatoms. The number of methoxy groups -OCH3 is 1. The molecule has 39 heavy (non-hydrogen) atoms. The molecule has 204 valence electrons. The van der Waals surface area contributed by atoms with Crippen LogP contribution in [-0.2, 0) is 16.0 Å². The Morgan fingerprint density at radius 2 is 2.03 bits per heavy atom. The van der Waals surface area contributed by atoms with E-state index in [2.05, 4.69) is 30.6 Å². The molecular formula is C28H33FN8O2. The topological polar surface area (TPSA) is 124 Å². The third kappa shape index (κ3) is 5.88. The second-order valence-electron chi connectivity index (χ2n) is 10.3. The molecule has 1 saturated carbocycles. The lowest BCUT2D eigenvalue weighted by atomic mass is 9.76. The third-order valence-corrected chi connectivity index (χ3v) is 7.44. The molecule has 0 unspecified atom stereocenters. The van der Waals surface area contributed by atoms with Gasteiger partial charge in [-0.15, -0.1) is 0 Å². The molecule has 1 aliphatic rings. The van der Waals surface area contributed by atoms with Crippen molar-refractivity contribution in [3.8, 4) is 5.82 Å². The lowest BCUT2D eigenvalue weighted by molar-refractivity contribution is -0.148. The van der Waals surface area contributed by atoms with E-state index in [0.29, 0.717) is 25.1 Å². The van der Waals surface area contributed by atoms with Gasteiger partial charge in [0.2, 0.25) is 0 Å². The van der Waals surface area contributed by atoms with Crippen molar-refractivity contribution in [3.05, 3.63) is 82.8 Å². The highest BCUT2D eigenvalue weighted by molar-refractivity contribution is 5.85. The molecule has 0 bridgehead atoms. The van der Waals surface area contributed by atoms with Gasteiger partial charge in [0.15, 0.2) is 11.6 Å². The number of aromatic nitrogens is 7. The SMILES string of the molecule is COC1(C(=O)N[C@@H](C)c2ccc(-n3cc(F)cn3)nc2)CCC(c2cc(C)nc(Cc3cc(C)[nH]n3)n2)CC1. The fraction of sp³-hybridized carbons (Fsp3) is 0.429. The Hall–Kier alpha value is -3.99. The molecule has 1 fully saturated rings. The first-order valence-corrected chi connectivity index (χ1v) is 13.1. The van der Waals surface area contributed by atoms with Gasteiger partial charge in [-0.25, -0.2) is 24.0 Å². The van der Waals surface area contributed by atoms with E-state index < -0.39 is 11.4 Å². The third-order valence-electron chi connectivity index (χ3n) is 7.44. The minimum absolute atomic E-state index is 0.136. The van der Waals surface area contributed by atoms with Gasteiger partial charge in [0.05, 0.1) is 30.6 Å². The Morgan fingerprint density at radius 1 is 1.23 bits per heavy atom. The van der Waals surface area contributed by atoms with Gasteiger partial charge in [-0.2, -0.15) is 10.2 Å². The fourth-order valence-corrected chi connectivity index (χ4v) is 5.20. The van der Waals surface area contributed by atoms with Crippen LogP contribution in [0.5, 0.6) is 0 Å². The van der Waals surface area contributed by atoms with E-state index >= 15 is 0 Å². The van der Waals surface area contributed by atoms with E-state index in [1.807, 2.05) is 39.0 Å². The fourth-order valence-electron chi connectivity index (χ4n) is 5.20. The van der Waals surface area contributed by atoms with Gasteiger partial charge in [-0.1, -0.05) is 6.07 Å². The number of hydrogen-bond acceptors (Lipinski definition) is 7. The summed E-state index contributed by atoms with van der Waals surface area (Å²) in [6, 6.07) is 7.36. The van der Waals surface area contributed by atoms with Crippen LogP contribution < -0.4 is 5.32 Å². The second-order valence-corrected chi connectivity index (χ2v) is 10.3. The maximum absolute atomic E-state index is 13.4. The van der Waals surface area contributed by atoms with Crippen molar-refractivity contribution in [2.24, 2.45) is 0 Å². The summed E-state index contributed by atoms with van der Waals surface area (Å²) in [4.78, 5) is 27.3. The molecule has 1 atom stereocenters. The van der Waals surface area contributed by atoms with E-state index in [-0.39, 0.29) is 17.9 Å². The van der Waals surface area contributed by atoms with Gasteiger partial charge in [0, 0.05) is 36.3 Å². The van der Waals surface area contributed by atoms with Crippen LogP contribution in [-0.4, -0.2) is 53.5 Å². The van der Waals surface area contributed by atoms with Crippen molar-refractivity contribution in [3.63, 3.8) is 0 Å². The smallest absolute Gasteiger partial charge is 0.252 e. The zero-order valence-corrected chi connectivity index (χ0v) is 22.6. The summed E-state index contributed by atoms with van der Waals surface area (Å²) >= 11 is 0. The number of carbonyl (C=O) groups is 1. The van der Waals surface area contributed by atoms with Crippen molar-refractivity contribution in [1.82, 2.24) is 40.2 Å². The number of H-pyrrole nitrogens is 1. The van der Waals surface area contributed by atoms with Crippen LogP contribution >= 0.6 is 0 Å². The number of halogens is 1. The van der Waals surface area contributed by atoms with Crippen LogP contribution in [0, 0.1) is 19.7 Å². The summed E-state index contributed by atoms with van der Waals surface area (Å²) in [7, 11) is 1.60. The number of aryl methyl sites for hydroxylation is 2. The summed E-state index contributed by atoms with van der Waals surface area (Å²) < 4.78 is 20.5. The normalized spacial score (nSPS) is 20.1. The molecule has 4 heterocycles. The summed E-state index contributed by atoms with van der Waals surface area (Å²) in [6.07, 6.45) is 7.36. The maximum atomic E-state index is 13.4. The van der Waals surface area contributed by atoms with E-state index in [1.54, 1.807) is 19.4 Å². The van der Waals surface area contributed by atoms with Crippen molar-refractivity contribution < 1.29 is 13.9 Å². The molecule has 0 radical (unpaired) electrons. The molecule has 0 spiro atoms. The van der Waals surface area contributed by atoms with E-state index in [4.69, 9.17) is 9.72 Å². The number of ether oxygens (including phenoxy) is 1. The predicted molar refractivity (Wildman–Crippen MR) is 142 cm³/mol. The number of pyridine rings is 1. The Balaban J connectivity index is 1.22. The van der Waals surface area contributed by atoms with Crippen LogP contribution in [0.1, 0.15) is 78.7 Å². The lowest BCUT2D eigenvalue weighted by Gasteiger charge is -2.38. The first-order chi connectivity index (χ1) is 18.7. The molecule has 2 N–H and O–H groups in total. The highest BCUT2D eigenvalue weighted by Gasteiger charge is 2.43. The lowest BCUT2D eigenvalue weighted by Crippen LogP contribution is -2.50. The molecule has 1 aliphatic carbocycles. The summed E-state index contributed by atoms with van der Waals surface area (Å²) in [5, 5.41) is 14.3. The average Bonchev–Trinajstić information content (AvgIpc) is 3.55. The maximum Gasteiger partial charge on any atom is 0.252 e. The zero-order chi connectivity index (χ0) is 27.6. The molecule has 10 nitrogen and oxygen atoms in total. The van der Waals surface area contributed by atoms with Crippen LogP contribution in [0.3, 0.4) is 0 Å². The minimum atomic E-state index is -0.901. The monoisotopic (exact) mass is 532 g/mol. The molecular weight excluding hydrogens is 499 g/mol. The van der Waals surface area contributed by atoms with Gasteiger partial charge < -0.3 is 10.1 Å². The summed E-state index contributed by atoms with van der Waals surface area (Å²) in [6.45, 7) is 5.86. The Morgan fingerprint density at radius 3 is 2.64 bits per heavy atom. The van der Waals surface area contributed by atoms with Gasteiger partial charge >= 0.3 is 0 Å². The number of amides is 1. The average molecular weight is 533 g/mol. The number of nitrogens with one attached hydrogen (secondary N) is 2. The highest BCUT2D eigenvalue weighted by atomic mass is 19.1. The van der Waals surface area contributed by atoms with Crippen LogP contribution in [0.15, 0.2) is 42.9 Å². The summed E-state index contributed by atoms with van der Waals surface area (Å²) in [5.41, 5.74) is 3.78. The quantitative estimate of drug-likeness (QED) is 0.351. The van der Waals surface area contributed by atoms with Crippen molar-refractivity contribution in [1.29, 1.82) is 0 Å². The molecule has 0 saturated heterocycles. The Bertz CT molecular complexity index is 1440. The van der Waals surface area contributed by atoms with Gasteiger partial charge in [0.1, 0.15) is 11.4 Å². The molecule has 4 aromatic rings. The number of hydrogen-bond donors (Lipinski definition) is 2. The van der Waals surface area contributed by atoms with Crippen molar-refractivity contribution in [2.75, 3.05) is 7.11 Å². The summed E-state index contributed by atoms with van der Waals surface area (Å²) in [5.74, 6) is 0.909. The number of nitrogens with zero attached hydrogens (tertiary/aromatic N) is 6. The first kappa shape index (κ1) is 26.6. The Labute approximate surface area is 226 Å². The van der Waals surface area contributed by atoms with Crippen LogP contribution in [0.25, 0.3) is 5.82 Å². The predicted octanol–water partition coefficient (Wildman–Crippen LogP) is 4.05. The number of aromatic amines is 1. The van der Waals surface area contributed by atoms with Crippen molar-refractivity contribution in [2.45, 2.75) is 70.4 Å². The molecule has 1 amide bonds. The zero-order valence-electron chi connectivity index (χ0n) is 22.6. The van der Waals surface area contributed by atoms with Crippen LogP contribution in [0.4, 0.5) is 4.39 Å². The number of carbonyl (C=O) groups excluding carboxylic acids is 1. The second kappa shape index (κ2) is 11.0. The van der Waals surface area contributed by atoms with E-state index in [0.717, 1.165) is 53.2 Å². The van der Waals surface area contributed by atoms with E-state index in [9.17, 15) is 9.18 Å². The molecule has 5 rings (SSSR count). The van der Waals surface area contributed by atoms with Crippen LogP contribution in [0.2, 0.25) is 0 Å². The van der Waals surface area contributed by atoms with Gasteiger partial charge in [0.25, 0.3) is 5.91 Å². The largest absolute Gasteiger partial charge is 0.368 e. The standard InChI is InChI=1S/C28H33FN8O2/c1-17-12-24(34-25(32-17)13-23-11-18(2)35-36-23)20-7-9-28(39-4,10-8-20)27(38)33-19(3)21-5-6-26(30-14-21)37-16-22(29)15-31-37/h5-6,11-12,14-16,19-20H,7-10,13H2,1-4H3,(H,33,38)(H,35,36)/t19-,20?,28?/m0/s1. The highest BCUT2D eigenvalue weighted by Crippen LogP contribution is 2.40. The molecule has 4 aromatic heterocycles. The molecule has 0 aliphatic heterocycles. The number of rotatable bonds is 8. The molecule has 0 aromatic carbocycles. The van der Waals surface area contributed by atoms with Gasteiger partial charge in [-0.05, 0) is 70.2 Å². The van der Waals surface area contributed by atoms with Crippen molar-refractivity contribution >= 4 is 5.91 Å². The minimum Gasteiger partial charge on any atom is -0.368 e. The van der Waals surface area contributed by atoms with E-state index in [1.165, 1.54) is 10.9 Å². The Kier molecular flexibility index (Phi) is 7.51. The first-order valence-electron chi connectivity index (χ1n) is 13.1.